The normalized spacial score (nSPS) is 10.7. The number of aliphatic hydroxyl groups excluding tert-OH is 1. The van der Waals surface area contributed by atoms with Crippen LogP contribution in [0.3, 0.4) is 0 Å². The van der Waals surface area contributed by atoms with Gasteiger partial charge in [-0.3, -0.25) is 4.79 Å². The Morgan fingerprint density at radius 3 is 2.56 bits per heavy atom. The van der Waals surface area contributed by atoms with Gasteiger partial charge in [0, 0.05) is 31.4 Å². The van der Waals surface area contributed by atoms with Crippen LogP contribution >= 0.6 is 0 Å². The summed E-state index contributed by atoms with van der Waals surface area (Å²) in [6, 6.07) is 11.1. The minimum Gasteiger partial charge on any atom is -0.395 e. The Balaban J connectivity index is 1.78. The maximum Gasteiger partial charge on any atom is 0.253 e. The third kappa shape index (κ3) is 5.92. The lowest BCUT2D eigenvalue weighted by atomic mass is 10.1. The van der Waals surface area contributed by atoms with Crippen molar-refractivity contribution in [2.45, 2.75) is 26.8 Å². The number of nitrogens with zero attached hydrogens (tertiary/aromatic N) is 4. The molecule has 0 atom stereocenters. The van der Waals surface area contributed by atoms with E-state index in [9.17, 15) is 4.79 Å². The predicted molar refractivity (Wildman–Crippen MR) is 127 cm³/mol. The molecule has 3 aromatic rings. The molecule has 32 heavy (non-hydrogen) atoms. The van der Waals surface area contributed by atoms with Crippen LogP contribution in [-0.2, 0) is 0 Å². The van der Waals surface area contributed by atoms with E-state index in [2.05, 4.69) is 30.9 Å². The van der Waals surface area contributed by atoms with Crippen molar-refractivity contribution in [3.63, 3.8) is 0 Å². The topological polar surface area (TPSA) is 115 Å². The molecule has 0 saturated heterocycles. The molecule has 1 aromatic carbocycles. The van der Waals surface area contributed by atoms with E-state index >= 15 is 0 Å². The van der Waals surface area contributed by atoms with Crippen LogP contribution in [0.2, 0.25) is 0 Å². The lowest BCUT2D eigenvalue weighted by molar-refractivity contribution is 0.0944. The maximum absolute atomic E-state index is 12.6. The number of amides is 1. The van der Waals surface area contributed by atoms with E-state index in [4.69, 9.17) is 5.11 Å². The Bertz CT molecular complexity index is 1050. The van der Waals surface area contributed by atoms with Crippen molar-refractivity contribution in [1.29, 1.82) is 0 Å². The average molecular weight is 436 g/mol. The van der Waals surface area contributed by atoms with Crippen LogP contribution in [0.5, 0.6) is 0 Å². The predicted octanol–water partition coefficient (Wildman–Crippen LogP) is 3.23. The van der Waals surface area contributed by atoms with E-state index in [0.717, 1.165) is 17.1 Å². The molecule has 0 spiro atoms. The van der Waals surface area contributed by atoms with Crippen molar-refractivity contribution in [2.75, 3.05) is 35.7 Å². The first-order chi connectivity index (χ1) is 15.4. The number of benzene rings is 1. The summed E-state index contributed by atoms with van der Waals surface area (Å²) in [5, 5.41) is 18.4. The van der Waals surface area contributed by atoms with E-state index in [0.29, 0.717) is 29.6 Å². The minimum atomic E-state index is -0.148. The number of para-hydroxylation sites is 1. The van der Waals surface area contributed by atoms with Gasteiger partial charge in [-0.15, -0.1) is 0 Å². The van der Waals surface area contributed by atoms with E-state index in [1.807, 2.05) is 63.1 Å². The fourth-order valence-corrected chi connectivity index (χ4v) is 2.97. The molecule has 4 N–H and O–H groups in total. The first-order valence-corrected chi connectivity index (χ1v) is 10.4. The van der Waals surface area contributed by atoms with Gasteiger partial charge in [0.25, 0.3) is 5.91 Å². The molecule has 0 bridgehead atoms. The third-order valence-corrected chi connectivity index (χ3v) is 4.65. The highest BCUT2D eigenvalue weighted by Gasteiger charge is 2.14. The lowest BCUT2D eigenvalue weighted by Gasteiger charge is -2.17. The van der Waals surface area contributed by atoms with Crippen molar-refractivity contribution < 1.29 is 9.90 Å². The highest BCUT2D eigenvalue weighted by Crippen LogP contribution is 2.24. The number of aliphatic hydroxyl groups is 1. The van der Waals surface area contributed by atoms with Gasteiger partial charge in [-0.25, -0.2) is 9.97 Å². The highest BCUT2D eigenvalue weighted by atomic mass is 16.3. The SMILES string of the molecule is Cc1cnc(Nc2ccc(N(C)CCO)nc2)nc1Nc1ccccc1C(=O)NC(C)C. The van der Waals surface area contributed by atoms with E-state index in [1.165, 1.54) is 0 Å². The molecule has 0 radical (unpaired) electrons. The lowest BCUT2D eigenvalue weighted by Crippen LogP contribution is -2.30. The molecule has 168 valence electrons. The van der Waals surface area contributed by atoms with Gasteiger partial charge in [0.15, 0.2) is 0 Å². The fourth-order valence-electron chi connectivity index (χ4n) is 2.97. The Labute approximate surface area is 187 Å². The van der Waals surface area contributed by atoms with Crippen LogP contribution in [0.4, 0.5) is 29.0 Å². The molecule has 9 nitrogen and oxygen atoms in total. The summed E-state index contributed by atoms with van der Waals surface area (Å²) in [6.45, 7) is 6.31. The number of aryl methyl sites for hydroxylation is 1. The average Bonchev–Trinajstić information content (AvgIpc) is 2.76. The Hall–Kier alpha value is -3.72. The summed E-state index contributed by atoms with van der Waals surface area (Å²) in [5.74, 6) is 1.61. The standard InChI is InChI=1S/C23H29N7O2/c1-15(2)26-22(32)18-7-5-6-8-19(18)28-21-16(3)13-25-23(29-21)27-17-9-10-20(24-14-17)30(4)11-12-31/h5-10,13-15,31H,11-12H2,1-4H3,(H,26,32)(H2,25,27,28,29). The van der Waals surface area contributed by atoms with Gasteiger partial charge in [0.2, 0.25) is 5.95 Å². The smallest absolute Gasteiger partial charge is 0.253 e. The zero-order valence-corrected chi connectivity index (χ0v) is 18.8. The number of pyridine rings is 1. The summed E-state index contributed by atoms with van der Waals surface area (Å²) >= 11 is 0. The van der Waals surface area contributed by atoms with Crippen molar-refractivity contribution in [2.24, 2.45) is 0 Å². The first kappa shape index (κ1) is 23.0. The summed E-state index contributed by atoms with van der Waals surface area (Å²) in [5.41, 5.74) is 2.78. The fraction of sp³-hybridized carbons (Fsp3) is 0.304. The number of carbonyl (C=O) groups excluding carboxylic acids is 1. The van der Waals surface area contributed by atoms with Gasteiger partial charge >= 0.3 is 0 Å². The summed E-state index contributed by atoms with van der Waals surface area (Å²) in [7, 11) is 1.87. The Kier molecular flexibility index (Phi) is 7.56. The van der Waals surface area contributed by atoms with Gasteiger partial charge in [-0.05, 0) is 45.0 Å². The van der Waals surface area contributed by atoms with Gasteiger partial charge in [0.05, 0.1) is 29.7 Å². The zero-order chi connectivity index (χ0) is 23.1. The van der Waals surface area contributed by atoms with E-state index in [1.54, 1.807) is 18.5 Å². The molecule has 2 heterocycles. The number of likely N-dealkylation sites (N-methyl/N-ethyl adjacent to an activating group) is 1. The Morgan fingerprint density at radius 2 is 1.88 bits per heavy atom. The summed E-state index contributed by atoms with van der Waals surface area (Å²) in [4.78, 5) is 27.7. The second-order valence-corrected chi connectivity index (χ2v) is 7.70. The molecular formula is C23H29N7O2. The first-order valence-electron chi connectivity index (χ1n) is 10.4. The number of anilines is 5. The summed E-state index contributed by atoms with van der Waals surface area (Å²) < 4.78 is 0. The van der Waals surface area contributed by atoms with Gasteiger partial charge < -0.3 is 26.0 Å². The van der Waals surface area contributed by atoms with Crippen LogP contribution < -0.4 is 20.9 Å². The van der Waals surface area contributed by atoms with Gasteiger partial charge in [0.1, 0.15) is 11.6 Å². The monoisotopic (exact) mass is 435 g/mol. The number of carbonyl (C=O) groups is 1. The van der Waals surface area contributed by atoms with Crippen LogP contribution in [-0.4, -0.2) is 52.2 Å². The Morgan fingerprint density at radius 1 is 1.09 bits per heavy atom. The molecule has 0 aliphatic carbocycles. The highest BCUT2D eigenvalue weighted by molar-refractivity contribution is 6.00. The van der Waals surface area contributed by atoms with Gasteiger partial charge in [-0.1, -0.05) is 12.1 Å². The molecule has 0 saturated carbocycles. The third-order valence-electron chi connectivity index (χ3n) is 4.65. The maximum atomic E-state index is 12.6. The van der Waals surface area contributed by atoms with Crippen molar-refractivity contribution in [1.82, 2.24) is 20.3 Å². The molecular weight excluding hydrogens is 406 g/mol. The minimum absolute atomic E-state index is 0.0376. The van der Waals surface area contributed by atoms with Gasteiger partial charge in [-0.2, -0.15) is 4.98 Å². The van der Waals surface area contributed by atoms with E-state index < -0.39 is 0 Å². The summed E-state index contributed by atoms with van der Waals surface area (Å²) in [6.07, 6.45) is 3.40. The van der Waals surface area contributed by atoms with Crippen LogP contribution in [0.1, 0.15) is 29.8 Å². The molecule has 0 fully saturated rings. The number of aromatic nitrogens is 3. The molecule has 0 aliphatic rings. The molecule has 0 unspecified atom stereocenters. The van der Waals surface area contributed by atoms with Crippen molar-refractivity contribution in [3.05, 3.63) is 59.9 Å². The van der Waals surface area contributed by atoms with Crippen LogP contribution in [0.25, 0.3) is 0 Å². The molecule has 2 aromatic heterocycles. The number of hydrogen-bond acceptors (Lipinski definition) is 8. The van der Waals surface area contributed by atoms with Crippen LogP contribution in [0, 0.1) is 6.92 Å². The quantitative estimate of drug-likeness (QED) is 0.405. The second kappa shape index (κ2) is 10.5. The second-order valence-electron chi connectivity index (χ2n) is 7.70. The largest absolute Gasteiger partial charge is 0.395 e. The molecule has 1 amide bonds. The number of nitrogens with one attached hydrogen (secondary N) is 3. The number of rotatable bonds is 9. The molecule has 0 aliphatic heterocycles. The van der Waals surface area contributed by atoms with E-state index in [-0.39, 0.29) is 18.6 Å². The van der Waals surface area contributed by atoms with Crippen molar-refractivity contribution >= 4 is 34.9 Å². The zero-order valence-electron chi connectivity index (χ0n) is 18.8. The molecule has 3 rings (SSSR count). The van der Waals surface area contributed by atoms with Crippen molar-refractivity contribution in [3.8, 4) is 0 Å². The molecule has 9 heteroatoms. The van der Waals surface area contributed by atoms with Crippen LogP contribution in [0.15, 0.2) is 48.8 Å². The number of hydrogen-bond donors (Lipinski definition) is 4.